The maximum atomic E-state index is 12.3. The smallest absolute Gasteiger partial charge is 0.502 e. The molecule has 19 heavy (non-hydrogen) atoms. The second kappa shape index (κ2) is 4.81. The second-order valence-corrected chi connectivity index (χ2v) is 4.54. The highest BCUT2D eigenvalue weighted by molar-refractivity contribution is 9.10. The van der Waals surface area contributed by atoms with Crippen molar-refractivity contribution in [3.05, 3.63) is 33.7 Å². The van der Waals surface area contributed by atoms with Crippen molar-refractivity contribution < 1.29 is 37.8 Å². The summed E-state index contributed by atoms with van der Waals surface area (Å²) in [5, 5.41) is 28.8. The molecule has 106 valence electrons. The number of halogens is 4. The number of carboxylic acid groups (broad SMARTS) is 1. The molecule has 7 nitrogen and oxygen atoms in total. The molecule has 0 saturated heterocycles. The molecule has 1 aliphatic rings. The molecule has 0 aliphatic heterocycles. The fraction of sp³-hybridized carbons (Fsp3) is 0.375. The lowest BCUT2D eigenvalue weighted by Gasteiger charge is -2.31. The molecule has 2 atom stereocenters. The van der Waals surface area contributed by atoms with Gasteiger partial charge in [-0.05, 0) is 22.0 Å². The predicted octanol–water partition coefficient (Wildman–Crippen LogP) is 1.93. The standard InChI is InChI=1S/C8H5BrF3NO6/c9-7(19-8(10,11)12)3(6(15)16)1-2-4(14)5(7)13(17)18/h1-3,14H,(H,15,16). The highest BCUT2D eigenvalue weighted by Crippen LogP contribution is 2.45. The fourth-order valence-electron chi connectivity index (χ4n) is 1.45. The average molecular weight is 348 g/mol. The molecule has 11 heteroatoms. The Kier molecular flexibility index (Phi) is 3.91. The SMILES string of the molecule is O=C(O)C1C=CC(O)=C([N+](=O)[O-])C1(Br)OC(F)(F)F. The fourth-order valence-corrected chi connectivity index (χ4v) is 2.33. The van der Waals surface area contributed by atoms with Crippen LogP contribution in [0.15, 0.2) is 23.6 Å². The van der Waals surface area contributed by atoms with Gasteiger partial charge in [-0.15, -0.1) is 13.2 Å². The Morgan fingerprint density at radius 2 is 2.11 bits per heavy atom. The van der Waals surface area contributed by atoms with Crippen molar-refractivity contribution in [1.29, 1.82) is 0 Å². The van der Waals surface area contributed by atoms with E-state index in [1.807, 2.05) is 0 Å². The lowest BCUT2D eigenvalue weighted by atomic mass is 9.94. The molecule has 0 spiro atoms. The van der Waals surface area contributed by atoms with E-state index in [2.05, 4.69) is 20.7 Å². The summed E-state index contributed by atoms with van der Waals surface area (Å²) in [4.78, 5) is 20.2. The number of allylic oxidation sites excluding steroid dienone is 1. The molecule has 0 amide bonds. The van der Waals surface area contributed by atoms with E-state index in [0.29, 0.717) is 12.2 Å². The molecule has 0 saturated carbocycles. The largest absolute Gasteiger partial charge is 0.524 e. The number of nitrogens with zero attached hydrogens (tertiary/aromatic N) is 1. The van der Waals surface area contributed by atoms with Gasteiger partial charge >= 0.3 is 18.0 Å². The van der Waals surface area contributed by atoms with Crippen LogP contribution in [0.4, 0.5) is 13.2 Å². The first kappa shape index (κ1) is 15.4. The van der Waals surface area contributed by atoms with Gasteiger partial charge in [0.15, 0.2) is 5.76 Å². The Hall–Kier alpha value is -1.62. The van der Waals surface area contributed by atoms with E-state index in [9.17, 15) is 33.2 Å². The van der Waals surface area contributed by atoms with Gasteiger partial charge in [0.25, 0.3) is 0 Å². The first-order valence-corrected chi connectivity index (χ1v) is 5.23. The monoisotopic (exact) mass is 347 g/mol. The van der Waals surface area contributed by atoms with Crippen LogP contribution < -0.4 is 0 Å². The van der Waals surface area contributed by atoms with E-state index in [-0.39, 0.29) is 0 Å². The predicted molar refractivity (Wildman–Crippen MR) is 55.7 cm³/mol. The Bertz CT molecular complexity index is 487. The molecule has 2 N–H and O–H groups in total. The molecule has 0 bridgehead atoms. The lowest BCUT2D eigenvalue weighted by molar-refractivity contribution is -0.459. The maximum absolute atomic E-state index is 12.3. The van der Waals surface area contributed by atoms with Crippen LogP contribution in [0.5, 0.6) is 0 Å². The van der Waals surface area contributed by atoms with E-state index >= 15 is 0 Å². The third kappa shape index (κ3) is 3.04. The third-order valence-electron chi connectivity index (χ3n) is 2.12. The Morgan fingerprint density at radius 1 is 1.58 bits per heavy atom. The number of aliphatic hydroxyl groups is 1. The molecular formula is C8H5BrF3NO6. The second-order valence-electron chi connectivity index (χ2n) is 3.36. The van der Waals surface area contributed by atoms with E-state index in [4.69, 9.17) is 5.11 Å². The topological polar surface area (TPSA) is 110 Å². The first-order valence-electron chi connectivity index (χ1n) is 4.44. The van der Waals surface area contributed by atoms with Gasteiger partial charge in [0.1, 0.15) is 5.92 Å². The number of ether oxygens (including phenoxy) is 1. The highest BCUT2D eigenvalue weighted by atomic mass is 79.9. The van der Waals surface area contributed by atoms with Gasteiger partial charge in [0, 0.05) is 0 Å². The minimum Gasteiger partial charge on any atom is -0.502 e. The van der Waals surface area contributed by atoms with Gasteiger partial charge in [-0.2, -0.15) is 0 Å². The highest BCUT2D eigenvalue weighted by Gasteiger charge is 2.60. The molecule has 0 radical (unpaired) electrons. The summed E-state index contributed by atoms with van der Waals surface area (Å²) in [6.07, 6.45) is -4.09. The number of aliphatic carboxylic acids is 1. The van der Waals surface area contributed by atoms with E-state index in [1.54, 1.807) is 0 Å². The summed E-state index contributed by atoms with van der Waals surface area (Å²) < 4.78 is 37.3. The van der Waals surface area contributed by atoms with Crippen molar-refractivity contribution >= 4 is 21.9 Å². The van der Waals surface area contributed by atoms with Gasteiger partial charge in [0.05, 0.1) is 4.92 Å². The summed E-state index contributed by atoms with van der Waals surface area (Å²) >= 11 is 2.27. The van der Waals surface area contributed by atoms with Crippen molar-refractivity contribution in [3.63, 3.8) is 0 Å². The molecule has 1 aliphatic carbocycles. The molecule has 0 aromatic carbocycles. The van der Waals surface area contributed by atoms with Gasteiger partial charge in [-0.25, -0.2) is 0 Å². The molecule has 0 heterocycles. The van der Waals surface area contributed by atoms with Crippen LogP contribution in [0.3, 0.4) is 0 Å². The number of hydrogen-bond donors (Lipinski definition) is 2. The van der Waals surface area contributed by atoms with Gasteiger partial charge in [0.2, 0.25) is 4.51 Å². The van der Waals surface area contributed by atoms with Gasteiger partial charge in [-0.1, -0.05) is 6.08 Å². The Labute approximate surface area is 111 Å². The quantitative estimate of drug-likeness (QED) is 0.458. The molecule has 0 aromatic heterocycles. The van der Waals surface area contributed by atoms with Crippen molar-refractivity contribution in [3.8, 4) is 0 Å². The van der Waals surface area contributed by atoms with Crippen LogP contribution in [0.2, 0.25) is 0 Å². The third-order valence-corrected chi connectivity index (χ3v) is 3.16. The number of carboxylic acids is 1. The number of nitro groups is 1. The summed E-state index contributed by atoms with van der Waals surface area (Å²) in [5.74, 6) is -4.99. The minimum atomic E-state index is -5.36. The molecule has 0 fully saturated rings. The zero-order valence-electron chi connectivity index (χ0n) is 8.72. The van der Waals surface area contributed by atoms with Crippen LogP contribution in [-0.4, -0.2) is 32.0 Å². The average Bonchev–Trinajstić information content (AvgIpc) is 2.11. The van der Waals surface area contributed by atoms with Crippen LogP contribution in [0.25, 0.3) is 0 Å². The summed E-state index contributed by atoms with van der Waals surface area (Å²) in [6, 6.07) is 0. The Balaban J connectivity index is 3.42. The summed E-state index contributed by atoms with van der Waals surface area (Å²) in [5.41, 5.74) is -1.44. The van der Waals surface area contributed by atoms with E-state index < -0.39 is 39.1 Å². The van der Waals surface area contributed by atoms with Crippen LogP contribution >= 0.6 is 15.9 Å². The van der Waals surface area contributed by atoms with Crippen molar-refractivity contribution in [1.82, 2.24) is 0 Å². The number of carbonyl (C=O) groups is 1. The molecular weight excluding hydrogens is 343 g/mol. The van der Waals surface area contributed by atoms with Crippen LogP contribution in [0, 0.1) is 16.0 Å². The zero-order valence-corrected chi connectivity index (χ0v) is 10.3. The van der Waals surface area contributed by atoms with Crippen LogP contribution in [-0.2, 0) is 9.53 Å². The van der Waals surface area contributed by atoms with Crippen molar-refractivity contribution in [2.24, 2.45) is 5.92 Å². The van der Waals surface area contributed by atoms with E-state index in [1.165, 1.54) is 0 Å². The normalized spacial score (nSPS) is 27.5. The number of aliphatic hydroxyl groups excluding tert-OH is 1. The first-order chi connectivity index (χ1) is 8.49. The van der Waals surface area contributed by atoms with E-state index in [0.717, 1.165) is 0 Å². The Morgan fingerprint density at radius 3 is 2.47 bits per heavy atom. The molecule has 1 rings (SSSR count). The van der Waals surface area contributed by atoms with Crippen molar-refractivity contribution in [2.45, 2.75) is 10.9 Å². The lowest BCUT2D eigenvalue weighted by Crippen LogP contribution is -2.47. The van der Waals surface area contributed by atoms with Gasteiger partial charge in [-0.3, -0.25) is 19.6 Å². The maximum Gasteiger partial charge on any atom is 0.524 e. The zero-order chi connectivity index (χ0) is 15.0. The summed E-state index contributed by atoms with van der Waals surface area (Å²) in [7, 11) is 0. The summed E-state index contributed by atoms with van der Waals surface area (Å²) in [6.45, 7) is 0. The molecule has 2 unspecified atom stereocenters. The molecule has 0 aromatic rings. The number of alkyl halides is 4. The van der Waals surface area contributed by atoms with Crippen LogP contribution in [0.1, 0.15) is 0 Å². The van der Waals surface area contributed by atoms with Gasteiger partial charge < -0.3 is 10.2 Å². The number of hydrogen-bond acceptors (Lipinski definition) is 5. The number of rotatable bonds is 3. The van der Waals surface area contributed by atoms with Crippen molar-refractivity contribution in [2.75, 3.05) is 0 Å². The minimum absolute atomic E-state index is 0.621.